The van der Waals surface area contributed by atoms with E-state index in [2.05, 4.69) is 29.5 Å². The smallest absolute Gasteiger partial charge is 0.252 e. The molecule has 2 aromatic rings. The second-order valence-corrected chi connectivity index (χ2v) is 8.09. The van der Waals surface area contributed by atoms with Crippen molar-refractivity contribution in [1.82, 2.24) is 10.3 Å². The molecule has 5 heteroatoms. The Balaban J connectivity index is 1.95. The van der Waals surface area contributed by atoms with Crippen molar-refractivity contribution in [2.45, 2.75) is 63.1 Å². The first kappa shape index (κ1) is 19.0. The summed E-state index contributed by atoms with van der Waals surface area (Å²) in [5, 5.41) is 6.30. The number of aromatic nitrogens is 1. The molecule has 0 bridgehead atoms. The van der Waals surface area contributed by atoms with E-state index in [1.807, 2.05) is 31.2 Å². The Kier molecular flexibility index (Phi) is 7.79. The van der Waals surface area contributed by atoms with Crippen LogP contribution in [0.15, 0.2) is 34.5 Å². The predicted molar refractivity (Wildman–Crippen MR) is 104 cm³/mol. The van der Waals surface area contributed by atoms with Crippen LogP contribution >= 0.6 is 23.1 Å². The third-order valence-electron chi connectivity index (χ3n) is 3.79. The summed E-state index contributed by atoms with van der Waals surface area (Å²) in [6.45, 7) is 6.29. The third-order valence-corrected chi connectivity index (χ3v) is 5.72. The lowest BCUT2D eigenvalue weighted by molar-refractivity contribution is 0.0935. The summed E-state index contributed by atoms with van der Waals surface area (Å²) in [6.07, 6.45) is 4.63. The van der Waals surface area contributed by atoms with Gasteiger partial charge in [0.25, 0.3) is 5.91 Å². The summed E-state index contributed by atoms with van der Waals surface area (Å²) >= 11 is 3.34. The second kappa shape index (κ2) is 9.84. The zero-order valence-corrected chi connectivity index (χ0v) is 16.3. The minimum atomic E-state index is 0.0246. The number of nitrogens with zero attached hydrogens (tertiary/aromatic N) is 1. The van der Waals surface area contributed by atoms with E-state index < -0.39 is 0 Å². The van der Waals surface area contributed by atoms with Crippen LogP contribution in [0.4, 0.5) is 0 Å². The van der Waals surface area contributed by atoms with Gasteiger partial charge in [0.15, 0.2) is 0 Å². The van der Waals surface area contributed by atoms with Crippen molar-refractivity contribution in [1.29, 1.82) is 0 Å². The summed E-state index contributed by atoms with van der Waals surface area (Å²) < 4.78 is 0. The van der Waals surface area contributed by atoms with Crippen molar-refractivity contribution in [3.63, 3.8) is 0 Å². The van der Waals surface area contributed by atoms with Gasteiger partial charge in [0.1, 0.15) is 0 Å². The van der Waals surface area contributed by atoms with Crippen LogP contribution < -0.4 is 5.32 Å². The average Bonchev–Trinajstić information content (AvgIpc) is 2.99. The molecule has 1 N–H and O–H groups in total. The fourth-order valence-electron chi connectivity index (χ4n) is 2.48. The van der Waals surface area contributed by atoms with E-state index in [9.17, 15) is 4.79 Å². The molecule has 0 saturated heterocycles. The van der Waals surface area contributed by atoms with Crippen LogP contribution in [-0.4, -0.2) is 16.9 Å². The van der Waals surface area contributed by atoms with Crippen molar-refractivity contribution in [3.8, 4) is 0 Å². The molecule has 0 saturated carbocycles. The number of hydrogen-bond donors (Lipinski definition) is 1. The fourth-order valence-corrected chi connectivity index (χ4v) is 4.14. The molecule has 2 rings (SSSR count). The molecule has 24 heavy (non-hydrogen) atoms. The fraction of sp³-hybridized carbons (Fsp3) is 0.474. The Bertz CT molecular complexity index is 654. The quantitative estimate of drug-likeness (QED) is 0.477. The number of benzene rings is 1. The number of hydrogen-bond acceptors (Lipinski definition) is 4. The molecular formula is C19H26N2OS2. The van der Waals surface area contributed by atoms with Crippen molar-refractivity contribution in [2.24, 2.45) is 0 Å². The molecule has 0 spiro atoms. The van der Waals surface area contributed by atoms with Gasteiger partial charge in [0.2, 0.25) is 0 Å². The number of thiazole rings is 1. The molecule has 0 radical (unpaired) electrons. The molecule has 1 atom stereocenters. The van der Waals surface area contributed by atoms with Gasteiger partial charge in [-0.1, -0.05) is 38.3 Å². The molecule has 1 aromatic carbocycles. The van der Waals surface area contributed by atoms with Crippen molar-refractivity contribution in [3.05, 3.63) is 45.9 Å². The topological polar surface area (TPSA) is 42.0 Å². The summed E-state index contributed by atoms with van der Waals surface area (Å²) in [6, 6.07) is 8.04. The van der Waals surface area contributed by atoms with Crippen LogP contribution in [0.2, 0.25) is 0 Å². The molecule has 0 aliphatic heterocycles. The van der Waals surface area contributed by atoms with Gasteiger partial charge < -0.3 is 5.32 Å². The number of amides is 1. The van der Waals surface area contributed by atoms with E-state index in [4.69, 9.17) is 0 Å². The summed E-state index contributed by atoms with van der Waals surface area (Å²) in [4.78, 5) is 18.1. The number of aryl methyl sites for hydroxylation is 1. The van der Waals surface area contributed by atoms with E-state index in [-0.39, 0.29) is 11.9 Å². The molecule has 1 aromatic heterocycles. The Morgan fingerprint density at radius 3 is 2.83 bits per heavy atom. The molecule has 130 valence electrons. The highest BCUT2D eigenvalue weighted by Crippen LogP contribution is 2.27. The SMILES string of the molecule is CCCCCC(C)NC(=O)c1ccccc1SCc1csc(C)n1. The molecule has 1 unspecified atom stereocenters. The lowest BCUT2D eigenvalue weighted by atomic mass is 10.1. The first-order valence-electron chi connectivity index (χ1n) is 8.53. The van der Waals surface area contributed by atoms with E-state index in [0.717, 1.165) is 39.8 Å². The van der Waals surface area contributed by atoms with Crippen LogP contribution in [0, 0.1) is 6.92 Å². The van der Waals surface area contributed by atoms with Gasteiger partial charge in [-0.05, 0) is 32.4 Å². The van der Waals surface area contributed by atoms with E-state index in [1.165, 1.54) is 12.8 Å². The largest absolute Gasteiger partial charge is 0.350 e. The Morgan fingerprint density at radius 1 is 1.33 bits per heavy atom. The number of carbonyl (C=O) groups excluding carboxylic acids is 1. The number of nitrogens with one attached hydrogen (secondary N) is 1. The van der Waals surface area contributed by atoms with Crippen LogP contribution in [0.25, 0.3) is 0 Å². The maximum Gasteiger partial charge on any atom is 0.252 e. The summed E-state index contributed by atoms with van der Waals surface area (Å²) in [7, 11) is 0. The molecule has 1 heterocycles. The van der Waals surface area contributed by atoms with Crippen LogP contribution in [0.3, 0.4) is 0 Å². The van der Waals surface area contributed by atoms with Gasteiger partial charge >= 0.3 is 0 Å². The average molecular weight is 363 g/mol. The van der Waals surface area contributed by atoms with Crippen molar-refractivity contribution >= 4 is 29.0 Å². The maximum atomic E-state index is 12.6. The molecular weight excluding hydrogens is 336 g/mol. The number of unbranched alkanes of at least 4 members (excludes halogenated alkanes) is 2. The van der Waals surface area contributed by atoms with Gasteiger partial charge in [0.05, 0.1) is 16.3 Å². The Labute approximate surface area is 153 Å². The molecule has 0 fully saturated rings. The minimum Gasteiger partial charge on any atom is -0.350 e. The highest BCUT2D eigenvalue weighted by Gasteiger charge is 2.14. The van der Waals surface area contributed by atoms with Gasteiger partial charge in [-0.25, -0.2) is 4.98 Å². The van der Waals surface area contributed by atoms with E-state index in [0.29, 0.717) is 0 Å². The van der Waals surface area contributed by atoms with Gasteiger partial charge in [-0.3, -0.25) is 4.79 Å². The van der Waals surface area contributed by atoms with Crippen LogP contribution in [0.1, 0.15) is 60.6 Å². The first-order chi connectivity index (χ1) is 11.6. The Hall–Kier alpha value is -1.33. The summed E-state index contributed by atoms with van der Waals surface area (Å²) in [5.74, 6) is 0.817. The number of carbonyl (C=O) groups is 1. The molecule has 3 nitrogen and oxygen atoms in total. The number of thioether (sulfide) groups is 1. The predicted octanol–water partition coefficient (Wildman–Crippen LogP) is 5.44. The highest BCUT2D eigenvalue weighted by molar-refractivity contribution is 7.98. The summed E-state index contributed by atoms with van der Waals surface area (Å²) in [5.41, 5.74) is 1.84. The zero-order chi connectivity index (χ0) is 17.4. The number of rotatable bonds is 9. The van der Waals surface area contributed by atoms with Gasteiger partial charge in [0, 0.05) is 22.1 Å². The van der Waals surface area contributed by atoms with E-state index >= 15 is 0 Å². The lowest BCUT2D eigenvalue weighted by Gasteiger charge is -2.15. The van der Waals surface area contributed by atoms with E-state index in [1.54, 1.807) is 23.1 Å². The first-order valence-corrected chi connectivity index (χ1v) is 10.4. The normalized spacial score (nSPS) is 12.1. The highest BCUT2D eigenvalue weighted by atomic mass is 32.2. The molecule has 1 amide bonds. The second-order valence-electron chi connectivity index (χ2n) is 6.01. The zero-order valence-electron chi connectivity index (χ0n) is 14.7. The standard InChI is InChI=1S/C19H26N2OS2/c1-4-5-6-9-14(2)20-19(22)17-10-7-8-11-18(17)24-13-16-12-23-15(3)21-16/h7-8,10-12,14H,4-6,9,13H2,1-3H3,(H,20,22). The van der Waals surface area contributed by atoms with Gasteiger partial charge in [-0.2, -0.15) is 0 Å². The third kappa shape index (κ3) is 5.95. The van der Waals surface area contributed by atoms with Crippen LogP contribution in [0.5, 0.6) is 0 Å². The van der Waals surface area contributed by atoms with Crippen molar-refractivity contribution in [2.75, 3.05) is 0 Å². The molecule has 0 aliphatic carbocycles. The Morgan fingerprint density at radius 2 is 2.12 bits per heavy atom. The van der Waals surface area contributed by atoms with Crippen molar-refractivity contribution < 1.29 is 4.79 Å². The lowest BCUT2D eigenvalue weighted by Crippen LogP contribution is -2.32. The van der Waals surface area contributed by atoms with Gasteiger partial charge in [-0.15, -0.1) is 23.1 Å². The minimum absolute atomic E-state index is 0.0246. The monoisotopic (exact) mass is 362 g/mol. The maximum absolute atomic E-state index is 12.6. The molecule has 0 aliphatic rings. The van der Waals surface area contributed by atoms with Crippen LogP contribution in [-0.2, 0) is 5.75 Å².